The molecule has 0 aliphatic carbocycles. The molecule has 1 aliphatic heterocycles. The van der Waals surface area contributed by atoms with Crippen molar-refractivity contribution in [3.05, 3.63) is 24.0 Å². The zero-order valence-electron chi connectivity index (χ0n) is 10.5. The van der Waals surface area contributed by atoms with Gasteiger partial charge >= 0.3 is 0 Å². The second kappa shape index (κ2) is 5.79. The number of halogens is 1. The number of nitrogens with one attached hydrogen (secondary N) is 1. The molecular weight excluding hydrogens is 249 g/mol. The number of piperidine rings is 1. The van der Waals surface area contributed by atoms with E-state index >= 15 is 0 Å². The highest BCUT2D eigenvalue weighted by Crippen LogP contribution is 2.24. The first-order chi connectivity index (χ1) is 9.10. The van der Waals surface area contributed by atoms with Crippen LogP contribution in [0, 0.1) is 5.82 Å². The van der Waals surface area contributed by atoms with Crippen LogP contribution in [0.2, 0.25) is 0 Å². The van der Waals surface area contributed by atoms with Crippen molar-refractivity contribution in [1.82, 2.24) is 0 Å². The Morgan fingerprint density at radius 1 is 1.37 bits per heavy atom. The summed E-state index contributed by atoms with van der Waals surface area (Å²) in [6, 6.07) is 4.60. The van der Waals surface area contributed by atoms with E-state index in [0.717, 1.165) is 5.69 Å². The summed E-state index contributed by atoms with van der Waals surface area (Å²) in [6.45, 7) is 1.02. The fourth-order valence-corrected chi connectivity index (χ4v) is 2.02. The zero-order chi connectivity index (χ0) is 13.8. The normalized spacial score (nSPS) is 15.5. The molecule has 1 heterocycles. The van der Waals surface area contributed by atoms with Gasteiger partial charge in [0, 0.05) is 31.6 Å². The molecule has 0 aromatic heterocycles. The van der Waals surface area contributed by atoms with E-state index in [1.807, 2.05) is 4.90 Å². The number of benzene rings is 1. The lowest BCUT2D eigenvalue weighted by atomic mass is 10.1. The molecular formula is C13H16FN3O2. The SMILES string of the molecule is NCC(=O)Nc1ccc(N2CCC(=O)CC2)cc1F. The van der Waals surface area contributed by atoms with Crippen molar-refractivity contribution in [1.29, 1.82) is 0 Å². The number of hydrogen-bond donors (Lipinski definition) is 2. The molecule has 0 unspecified atom stereocenters. The summed E-state index contributed by atoms with van der Waals surface area (Å²) in [5.74, 6) is -0.699. The van der Waals surface area contributed by atoms with Crippen LogP contribution in [-0.2, 0) is 9.59 Å². The number of anilines is 2. The third-order valence-corrected chi connectivity index (χ3v) is 3.10. The number of rotatable bonds is 3. The van der Waals surface area contributed by atoms with Crippen molar-refractivity contribution in [2.24, 2.45) is 5.73 Å². The molecule has 19 heavy (non-hydrogen) atoms. The van der Waals surface area contributed by atoms with Crippen LogP contribution in [0.3, 0.4) is 0 Å². The van der Waals surface area contributed by atoms with Crippen LogP contribution in [0.25, 0.3) is 0 Å². The molecule has 0 bridgehead atoms. The number of carbonyl (C=O) groups is 2. The molecule has 1 fully saturated rings. The average molecular weight is 265 g/mol. The van der Waals surface area contributed by atoms with Crippen LogP contribution in [0.4, 0.5) is 15.8 Å². The van der Waals surface area contributed by atoms with E-state index in [0.29, 0.717) is 25.9 Å². The van der Waals surface area contributed by atoms with Crippen molar-refractivity contribution in [2.75, 3.05) is 29.9 Å². The highest BCUT2D eigenvalue weighted by atomic mass is 19.1. The summed E-state index contributed by atoms with van der Waals surface area (Å²) in [5.41, 5.74) is 5.99. The molecule has 102 valence electrons. The van der Waals surface area contributed by atoms with Crippen LogP contribution in [0.1, 0.15) is 12.8 Å². The number of ketones is 1. The molecule has 0 spiro atoms. The lowest BCUT2D eigenvalue weighted by Gasteiger charge is -2.28. The molecule has 0 atom stereocenters. The highest BCUT2D eigenvalue weighted by molar-refractivity contribution is 5.92. The summed E-state index contributed by atoms with van der Waals surface area (Å²) < 4.78 is 13.8. The monoisotopic (exact) mass is 265 g/mol. The van der Waals surface area contributed by atoms with Crippen molar-refractivity contribution in [3.63, 3.8) is 0 Å². The Kier molecular flexibility index (Phi) is 4.11. The minimum atomic E-state index is -0.504. The van der Waals surface area contributed by atoms with Gasteiger partial charge in [0.05, 0.1) is 12.2 Å². The predicted octanol–water partition coefficient (Wildman–Crippen LogP) is 0.892. The minimum Gasteiger partial charge on any atom is -0.371 e. The summed E-state index contributed by atoms with van der Waals surface area (Å²) in [4.78, 5) is 24.2. The summed E-state index contributed by atoms with van der Waals surface area (Å²) in [5, 5.41) is 2.39. The van der Waals surface area contributed by atoms with Gasteiger partial charge in [0.25, 0.3) is 0 Å². The van der Waals surface area contributed by atoms with E-state index in [2.05, 4.69) is 5.32 Å². The number of nitrogens with zero attached hydrogens (tertiary/aromatic N) is 1. The average Bonchev–Trinajstić information content (AvgIpc) is 2.41. The number of amides is 1. The van der Waals surface area contributed by atoms with Crippen molar-refractivity contribution >= 4 is 23.1 Å². The topological polar surface area (TPSA) is 75.4 Å². The Hall–Kier alpha value is -1.95. The van der Waals surface area contributed by atoms with Crippen molar-refractivity contribution in [3.8, 4) is 0 Å². The maximum absolute atomic E-state index is 13.8. The third kappa shape index (κ3) is 3.29. The van der Waals surface area contributed by atoms with Gasteiger partial charge in [0.1, 0.15) is 11.6 Å². The van der Waals surface area contributed by atoms with E-state index < -0.39 is 11.7 Å². The van der Waals surface area contributed by atoms with Crippen LogP contribution in [0.5, 0.6) is 0 Å². The second-order valence-electron chi connectivity index (χ2n) is 4.44. The fraction of sp³-hybridized carbons (Fsp3) is 0.385. The smallest absolute Gasteiger partial charge is 0.238 e. The van der Waals surface area contributed by atoms with Gasteiger partial charge in [0.2, 0.25) is 5.91 Å². The molecule has 0 saturated carbocycles. The van der Waals surface area contributed by atoms with Gasteiger partial charge in [0.15, 0.2) is 0 Å². The van der Waals surface area contributed by atoms with Crippen molar-refractivity contribution < 1.29 is 14.0 Å². The van der Waals surface area contributed by atoms with Gasteiger partial charge in [-0.2, -0.15) is 0 Å². The summed E-state index contributed by atoms with van der Waals surface area (Å²) in [6.07, 6.45) is 0.987. The van der Waals surface area contributed by atoms with Gasteiger partial charge in [-0.05, 0) is 18.2 Å². The Labute approximate surface area is 110 Å². The molecule has 2 rings (SSSR count). The van der Waals surface area contributed by atoms with Crippen molar-refractivity contribution in [2.45, 2.75) is 12.8 Å². The van der Waals surface area contributed by atoms with E-state index in [1.165, 1.54) is 12.1 Å². The zero-order valence-corrected chi connectivity index (χ0v) is 10.5. The number of Topliss-reactive ketones (excluding diaryl/α,β-unsaturated/α-hetero) is 1. The molecule has 1 amide bonds. The second-order valence-corrected chi connectivity index (χ2v) is 4.44. The lowest BCUT2D eigenvalue weighted by molar-refractivity contribution is -0.119. The lowest BCUT2D eigenvalue weighted by Crippen LogP contribution is -2.33. The van der Waals surface area contributed by atoms with E-state index in [9.17, 15) is 14.0 Å². The standard InChI is InChI=1S/C13H16FN3O2/c14-11-7-9(17-5-3-10(18)4-6-17)1-2-12(11)16-13(19)8-15/h1-2,7H,3-6,8,15H2,(H,16,19). The molecule has 6 heteroatoms. The Bertz CT molecular complexity index is 495. The predicted molar refractivity (Wildman–Crippen MR) is 70.5 cm³/mol. The van der Waals surface area contributed by atoms with Gasteiger partial charge in [-0.1, -0.05) is 0 Å². The van der Waals surface area contributed by atoms with Crippen LogP contribution >= 0.6 is 0 Å². The van der Waals surface area contributed by atoms with Gasteiger partial charge in [-0.25, -0.2) is 4.39 Å². The van der Waals surface area contributed by atoms with Gasteiger partial charge < -0.3 is 16.0 Å². The first kappa shape index (κ1) is 13.5. The molecule has 1 saturated heterocycles. The fourth-order valence-electron chi connectivity index (χ4n) is 2.02. The molecule has 3 N–H and O–H groups in total. The van der Waals surface area contributed by atoms with Crippen LogP contribution in [-0.4, -0.2) is 31.3 Å². The summed E-state index contributed by atoms with van der Waals surface area (Å²) in [7, 11) is 0. The number of carbonyl (C=O) groups excluding carboxylic acids is 2. The van der Waals surface area contributed by atoms with Crippen LogP contribution in [0.15, 0.2) is 18.2 Å². The highest BCUT2D eigenvalue weighted by Gasteiger charge is 2.17. The Morgan fingerprint density at radius 3 is 2.63 bits per heavy atom. The maximum Gasteiger partial charge on any atom is 0.238 e. The molecule has 1 aromatic rings. The summed E-state index contributed by atoms with van der Waals surface area (Å²) >= 11 is 0. The number of hydrogen-bond acceptors (Lipinski definition) is 4. The Morgan fingerprint density at radius 2 is 2.05 bits per heavy atom. The van der Waals surface area contributed by atoms with E-state index in [-0.39, 0.29) is 18.0 Å². The first-order valence-corrected chi connectivity index (χ1v) is 6.16. The molecule has 1 aromatic carbocycles. The maximum atomic E-state index is 13.8. The Balaban J connectivity index is 2.10. The van der Waals surface area contributed by atoms with Gasteiger partial charge in [-0.3, -0.25) is 9.59 Å². The minimum absolute atomic E-state index is 0.118. The van der Waals surface area contributed by atoms with E-state index in [4.69, 9.17) is 5.73 Å². The first-order valence-electron chi connectivity index (χ1n) is 6.16. The molecule has 5 nitrogen and oxygen atoms in total. The molecule has 0 radical (unpaired) electrons. The largest absolute Gasteiger partial charge is 0.371 e. The third-order valence-electron chi connectivity index (χ3n) is 3.10. The quantitative estimate of drug-likeness (QED) is 0.851. The van der Waals surface area contributed by atoms with Crippen LogP contribution < -0.4 is 16.0 Å². The molecule has 1 aliphatic rings. The number of nitrogens with two attached hydrogens (primary N) is 1. The van der Waals surface area contributed by atoms with Gasteiger partial charge in [-0.15, -0.1) is 0 Å². The van der Waals surface area contributed by atoms with E-state index in [1.54, 1.807) is 6.07 Å².